The normalized spacial score (nSPS) is 29.5. The topological polar surface area (TPSA) is 0 Å². The van der Waals surface area contributed by atoms with Crippen LogP contribution in [0.5, 0.6) is 0 Å². The predicted octanol–water partition coefficient (Wildman–Crippen LogP) is 9.85. The van der Waals surface area contributed by atoms with E-state index in [-0.39, 0.29) is 0 Å². The molecule has 0 amide bonds. The lowest BCUT2D eigenvalue weighted by atomic mass is 10.0. The first kappa shape index (κ1) is 38.3. The van der Waals surface area contributed by atoms with E-state index in [1.165, 1.54) is 251 Å². The third-order valence-electron chi connectivity index (χ3n) is 14.3. The van der Waals surface area contributed by atoms with E-state index in [1.807, 2.05) is 0 Å². The third-order valence-corrected chi connectivity index (χ3v) is 14.3. The van der Waals surface area contributed by atoms with Crippen molar-refractivity contribution in [2.24, 2.45) is 0 Å². The van der Waals surface area contributed by atoms with Crippen LogP contribution in [0.1, 0.15) is 153 Å². The summed E-state index contributed by atoms with van der Waals surface area (Å²) in [5, 5.41) is 0. The zero-order chi connectivity index (χ0) is 33.4. The van der Waals surface area contributed by atoms with Crippen molar-refractivity contribution in [1.29, 1.82) is 0 Å². The lowest BCUT2D eigenvalue weighted by Crippen LogP contribution is -2.74. The van der Waals surface area contributed by atoms with Gasteiger partial charge in [0.2, 0.25) is 0 Å². The highest BCUT2D eigenvalue weighted by Gasteiger charge is 2.49. The molecule has 6 fully saturated rings. The fourth-order valence-electron chi connectivity index (χ4n) is 10.4. The summed E-state index contributed by atoms with van der Waals surface area (Å²) in [6, 6.07) is 10.1. The highest BCUT2D eigenvalue weighted by atomic mass is 15.5. The van der Waals surface area contributed by atoms with Crippen molar-refractivity contribution in [2.45, 2.75) is 155 Å². The van der Waals surface area contributed by atoms with E-state index in [4.69, 9.17) is 0 Å². The highest BCUT2D eigenvalue weighted by Crippen LogP contribution is 2.32. The Morgan fingerprint density at radius 1 is 0.312 bits per heavy atom. The molecule has 0 unspecified atom stereocenters. The Balaban J connectivity index is 0.939. The average Bonchev–Trinajstić information content (AvgIpc) is 3.12. The molecule has 6 aliphatic heterocycles. The maximum Gasteiger partial charge on any atom is 0.129 e. The Morgan fingerprint density at radius 2 is 0.542 bits per heavy atom. The minimum Gasteiger partial charge on any atom is -0.310 e. The van der Waals surface area contributed by atoms with Crippen LogP contribution < -0.4 is 0 Å². The van der Waals surface area contributed by atoms with Crippen molar-refractivity contribution in [1.82, 2.24) is 0 Å². The van der Waals surface area contributed by atoms with Gasteiger partial charge in [0.05, 0.1) is 13.1 Å². The first-order valence-corrected chi connectivity index (χ1v) is 22.0. The van der Waals surface area contributed by atoms with Crippen LogP contribution in [0.15, 0.2) is 24.3 Å². The summed E-state index contributed by atoms with van der Waals surface area (Å²) in [5.74, 6) is 0. The van der Waals surface area contributed by atoms with Gasteiger partial charge in [-0.05, 0) is 25.7 Å². The van der Waals surface area contributed by atoms with Gasteiger partial charge in [0.15, 0.2) is 0 Å². The first-order valence-electron chi connectivity index (χ1n) is 22.0. The summed E-state index contributed by atoms with van der Waals surface area (Å²) in [6.07, 6.45) is 29.2. The van der Waals surface area contributed by atoms with E-state index in [9.17, 15) is 0 Å². The van der Waals surface area contributed by atoms with Crippen LogP contribution in [0.3, 0.4) is 0 Å². The molecule has 0 saturated carbocycles. The summed E-state index contributed by atoms with van der Waals surface area (Å²) in [7, 11) is 0. The van der Waals surface area contributed by atoms with Gasteiger partial charge in [0, 0.05) is 11.1 Å². The van der Waals surface area contributed by atoms with Crippen LogP contribution in [0, 0.1) is 0 Å². The molecule has 0 atom stereocenters. The maximum absolute atomic E-state index is 2.52. The molecule has 1 aromatic carbocycles. The number of fused-ring (bicyclic) bond motifs is 6. The molecular formula is C44H82N4+4. The number of hydrogen-bond donors (Lipinski definition) is 0. The van der Waals surface area contributed by atoms with Crippen LogP contribution in [-0.4, -0.2) is 110 Å². The molecule has 6 aliphatic rings. The number of rotatable bonds is 26. The monoisotopic (exact) mass is 667 g/mol. The van der Waals surface area contributed by atoms with Gasteiger partial charge in [-0.3, -0.25) is 0 Å². The van der Waals surface area contributed by atoms with Gasteiger partial charge < -0.3 is 17.9 Å². The zero-order valence-electron chi connectivity index (χ0n) is 32.6. The van der Waals surface area contributed by atoms with Crippen molar-refractivity contribution in [2.75, 3.05) is 91.6 Å². The first-order chi connectivity index (χ1) is 23.5. The van der Waals surface area contributed by atoms with Crippen LogP contribution in [0.2, 0.25) is 0 Å². The Hall–Kier alpha value is -0.940. The largest absolute Gasteiger partial charge is 0.310 e. The van der Waals surface area contributed by atoms with E-state index >= 15 is 0 Å². The van der Waals surface area contributed by atoms with Crippen LogP contribution in [0.4, 0.5) is 0 Å². The van der Waals surface area contributed by atoms with E-state index in [0.29, 0.717) is 0 Å². The fraction of sp³-hybridized carbons (Fsp3) is 0.864. The summed E-state index contributed by atoms with van der Waals surface area (Å²) in [4.78, 5) is 0. The number of benzene rings is 1. The SMILES string of the molecule is CCCCCCCCCCCC[N+]12CC[N+](Cc3ccc(C[N+]45CC[N+](CCCCCCCCCCCC)(CC4)CC5)cc3)(CC1)CC2. The fourth-order valence-corrected chi connectivity index (χ4v) is 10.4. The van der Waals surface area contributed by atoms with Crippen molar-refractivity contribution >= 4 is 0 Å². The van der Waals surface area contributed by atoms with Crippen molar-refractivity contribution in [3.05, 3.63) is 35.4 Å². The highest BCUT2D eigenvalue weighted by molar-refractivity contribution is 5.21. The Kier molecular flexibility index (Phi) is 15.6. The Morgan fingerprint density at radius 3 is 0.812 bits per heavy atom. The van der Waals surface area contributed by atoms with Crippen molar-refractivity contribution < 1.29 is 17.9 Å². The van der Waals surface area contributed by atoms with Gasteiger partial charge in [-0.2, -0.15) is 0 Å². The molecule has 7 rings (SSSR count). The molecule has 48 heavy (non-hydrogen) atoms. The molecule has 1 aromatic rings. The lowest BCUT2D eigenvalue weighted by Gasteiger charge is -2.56. The maximum atomic E-state index is 2.52. The van der Waals surface area contributed by atoms with E-state index in [0.717, 1.165) is 0 Å². The van der Waals surface area contributed by atoms with E-state index < -0.39 is 0 Å². The molecular weight excluding hydrogens is 585 g/mol. The molecule has 0 aromatic heterocycles. The Labute approximate surface area is 299 Å². The molecule has 0 N–H and O–H groups in total. The summed E-state index contributed by atoms with van der Waals surface area (Å²) >= 11 is 0. The van der Waals surface area contributed by atoms with Gasteiger partial charge in [-0.25, -0.2) is 0 Å². The smallest absolute Gasteiger partial charge is 0.129 e. The van der Waals surface area contributed by atoms with Crippen molar-refractivity contribution in [3.8, 4) is 0 Å². The second-order valence-corrected chi connectivity index (χ2v) is 18.0. The second-order valence-electron chi connectivity index (χ2n) is 18.0. The van der Waals surface area contributed by atoms with Crippen LogP contribution in [-0.2, 0) is 13.1 Å². The average molecular weight is 667 g/mol. The van der Waals surface area contributed by atoms with E-state index in [1.54, 1.807) is 11.1 Å². The van der Waals surface area contributed by atoms with Gasteiger partial charge in [0.1, 0.15) is 91.6 Å². The summed E-state index contributed by atoms with van der Waals surface area (Å²) < 4.78 is 5.65. The quantitative estimate of drug-likeness (QED) is 0.0682. The Bertz CT molecular complexity index is 887. The number of hydrogen-bond acceptors (Lipinski definition) is 0. The minimum absolute atomic E-state index is 1.28. The predicted molar refractivity (Wildman–Crippen MR) is 207 cm³/mol. The van der Waals surface area contributed by atoms with Gasteiger partial charge >= 0.3 is 0 Å². The number of piperazine rings is 6. The molecule has 0 aliphatic carbocycles. The van der Waals surface area contributed by atoms with Gasteiger partial charge in [-0.15, -0.1) is 0 Å². The van der Waals surface area contributed by atoms with Crippen molar-refractivity contribution in [3.63, 3.8) is 0 Å². The summed E-state index contributed by atoms with van der Waals surface area (Å²) in [5.41, 5.74) is 3.19. The lowest BCUT2D eigenvalue weighted by molar-refractivity contribution is -1.09. The molecule has 4 bridgehead atoms. The van der Waals surface area contributed by atoms with Crippen LogP contribution in [0.25, 0.3) is 0 Å². The van der Waals surface area contributed by atoms with Gasteiger partial charge in [-0.1, -0.05) is 141 Å². The molecule has 274 valence electrons. The number of quaternary nitrogens is 4. The van der Waals surface area contributed by atoms with Crippen LogP contribution >= 0.6 is 0 Å². The van der Waals surface area contributed by atoms with E-state index in [2.05, 4.69) is 38.1 Å². The second kappa shape index (κ2) is 19.6. The molecule has 0 radical (unpaired) electrons. The standard InChI is InChI=1S/C44H82N4/c1-3-5-7-9-11-13-15-17-19-21-27-45-29-35-47(36-30-45,37-31-45)41-43-23-25-44(26-24-43)42-48-38-32-46(33-39-48,34-40-48)28-22-20-18-16-14-12-10-8-6-4-2/h23-26H,3-22,27-42H2,1-2H3/q+4. The minimum atomic E-state index is 1.28. The zero-order valence-corrected chi connectivity index (χ0v) is 32.6. The number of nitrogens with zero attached hydrogens (tertiary/aromatic N) is 4. The van der Waals surface area contributed by atoms with Gasteiger partial charge in [0.25, 0.3) is 0 Å². The third kappa shape index (κ3) is 11.5. The molecule has 4 nitrogen and oxygen atoms in total. The molecule has 4 heteroatoms. The molecule has 6 heterocycles. The number of unbranched alkanes of at least 4 members (excludes halogenated alkanes) is 18. The molecule has 6 saturated heterocycles. The summed E-state index contributed by atoms with van der Waals surface area (Å²) in [6.45, 7) is 27.2. The molecule has 0 spiro atoms.